The van der Waals surface area contributed by atoms with Gasteiger partial charge < -0.3 is 11.1 Å². The van der Waals surface area contributed by atoms with Gasteiger partial charge in [-0.3, -0.25) is 4.79 Å². The van der Waals surface area contributed by atoms with Crippen molar-refractivity contribution in [2.75, 3.05) is 15.8 Å². The van der Waals surface area contributed by atoms with Gasteiger partial charge in [-0.1, -0.05) is 18.7 Å². The number of nitrogens with two attached hydrogens (primary N) is 1. The van der Waals surface area contributed by atoms with Gasteiger partial charge in [0.05, 0.1) is 15.7 Å². The number of anilines is 3. The second-order valence-electron chi connectivity index (χ2n) is 7.87. The van der Waals surface area contributed by atoms with Gasteiger partial charge in [-0.2, -0.15) is 21.9 Å². The van der Waals surface area contributed by atoms with E-state index in [9.17, 15) is 23.7 Å². The van der Waals surface area contributed by atoms with Crippen LogP contribution in [0.4, 0.5) is 17.5 Å². The molecule has 4 aromatic rings. The van der Waals surface area contributed by atoms with Crippen LogP contribution in [0.3, 0.4) is 0 Å². The Hall–Kier alpha value is -4.50. The number of benzene rings is 1. The molecular formula is C25H20N8O3S3. The van der Waals surface area contributed by atoms with E-state index >= 15 is 0 Å². The largest absolute Gasteiger partial charge is 0.383 e. The first kappa shape index (κ1) is 27.5. The minimum atomic E-state index is -3.93. The summed E-state index contributed by atoms with van der Waals surface area (Å²) in [5.74, 6) is -0.463. The van der Waals surface area contributed by atoms with Gasteiger partial charge in [-0.25, -0.2) is 28.1 Å². The van der Waals surface area contributed by atoms with Crippen molar-refractivity contribution >= 4 is 56.5 Å². The van der Waals surface area contributed by atoms with Crippen LogP contribution in [0.25, 0.3) is 11.1 Å². The lowest BCUT2D eigenvalue weighted by Gasteiger charge is -2.17. The van der Waals surface area contributed by atoms with Crippen LogP contribution in [-0.2, 0) is 14.8 Å². The molecule has 3 heterocycles. The minimum absolute atomic E-state index is 0.0261. The lowest BCUT2D eigenvalue weighted by molar-refractivity contribution is -0.115. The zero-order valence-corrected chi connectivity index (χ0v) is 22.8. The molecule has 3 aromatic heterocycles. The molecule has 0 aliphatic rings. The van der Waals surface area contributed by atoms with Gasteiger partial charge in [0.15, 0.2) is 0 Å². The number of amides is 1. The molecule has 0 fully saturated rings. The molecule has 0 saturated heterocycles. The van der Waals surface area contributed by atoms with E-state index in [1.54, 1.807) is 17.5 Å². The fraction of sp³-hybridized carbons (Fsp3) is 0.120. The normalized spacial score (nSPS) is 11.7. The Balaban J connectivity index is 1.54. The number of carbonyl (C=O) groups is 1. The van der Waals surface area contributed by atoms with E-state index in [1.807, 2.05) is 18.4 Å². The molecule has 4 N–H and O–H groups in total. The Morgan fingerprint density at radius 1 is 1.13 bits per heavy atom. The van der Waals surface area contributed by atoms with Gasteiger partial charge in [-0.15, -0.1) is 0 Å². The molecular weight excluding hydrogens is 557 g/mol. The van der Waals surface area contributed by atoms with Crippen LogP contribution in [0.15, 0.2) is 69.5 Å². The summed E-state index contributed by atoms with van der Waals surface area (Å²) in [6, 6.07) is 13.1. The van der Waals surface area contributed by atoms with E-state index in [2.05, 4.69) is 31.1 Å². The monoisotopic (exact) mass is 576 g/mol. The maximum Gasteiger partial charge on any atom is 0.264 e. The smallest absolute Gasteiger partial charge is 0.264 e. The number of pyridine rings is 1. The van der Waals surface area contributed by atoms with Gasteiger partial charge in [0.1, 0.15) is 28.5 Å². The van der Waals surface area contributed by atoms with Crippen molar-refractivity contribution in [3.05, 3.63) is 70.7 Å². The predicted octanol–water partition coefficient (Wildman–Crippen LogP) is 4.24. The first-order valence-corrected chi connectivity index (χ1v) is 14.6. The molecule has 39 heavy (non-hydrogen) atoms. The number of hydrogen-bond acceptors (Lipinski definition) is 11. The lowest BCUT2D eigenvalue weighted by Crippen LogP contribution is -2.25. The van der Waals surface area contributed by atoms with Crippen LogP contribution < -0.4 is 15.8 Å². The number of rotatable bonds is 9. The Labute approximate surface area is 232 Å². The summed E-state index contributed by atoms with van der Waals surface area (Å²) in [5, 5.41) is 25.6. The first-order valence-electron chi connectivity index (χ1n) is 11.3. The predicted molar refractivity (Wildman–Crippen MR) is 149 cm³/mol. The van der Waals surface area contributed by atoms with Crippen molar-refractivity contribution in [3.63, 3.8) is 0 Å². The maximum absolute atomic E-state index is 13.1. The van der Waals surface area contributed by atoms with E-state index in [0.717, 1.165) is 11.8 Å². The summed E-state index contributed by atoms with van der Waals surface area (Å²) < 4.78 is 27.5. The Kier molecular flexibility index (Phi) is 8.41. The van der Waals surface area contributed by atoms with Crippen molar-refractivity contribution in [2.24, 2.45) is 0 Å². The highest BCUT2D eigenvalue weighted by atomic mass is 32.2. The highest BCUT2D eigenvalue weighted by Crippen LogP contribution is 2.38. The average molecular weight is 577 g/mol. The standard InChI is InChI=1S/C25H20N8O3S3/c1-2-20(38-24-19(13-27)21(15-8-11-37-14-15)18(12-26)22(28)32-24)23(34)31-16-4-6-17(7-5-16)39(35,36)33-25-29-9-3-10-30-25/h3-11,14,20H,2H2,1H3,(H2,28,32)(H,31,34)(H,29,30,33). The Morgan fingerprint density at radius 3 is 2.41 bits per heavy atom. The van der Waals surface area contributed by atoms with Crippen LogP contribution >= 0.6 is 23.1 Å². The van der Waals surface area contributed by atoms with Gasteiger partial charge in [0.25, 0.3) is 10.0 Å². The zero-order valence-electron chi connectivity index (χ0n) is 20.3. The second kappa shape index (κ2) is 11.9. The van der Waals surface area contributed by atoms with Crippen LogP contribution in [0.2, 0.25) is 0 Å². The third-order valence-corrected chi connectivity index (χ3v) is 8.74. The summed E-state index contributed by atoms with van der Waals surface area (Å²) in [6.07, 6.45) is 3.22. The molecule has 0 radical (unpaired) electrons. The second-order valence-corrected chi connectivity index (χ2v) is 11.5. The van der Waals surface area contributed by atoms with E-state index in [0.29, 0.717) is 23.2 Å². The van der Waals surface area contributed by atoms with Gasteiger partial charge >= 0.3 is 0 Å². The number of nitrogen functional groups attached to an aromatic ring is 1. The Morgan fingerprint density at radius 2 is 1.82 bits per heavy atom. The summed E-state index contributed by atoms with van der Waals surface area (Å²) in [6.45, 7) is 1.81. The number of aromatic nitrogens is 3. The van der Waals surface area contributed by atoms with Gasteiger partial charge in [0.2, 0.25) is 11.9 Å². The topological polar surface area (TPSA) is 188 Å². The van der Waals surface area contributed by atoms with E-state index in [4.69, 9.17) is 5.73 Å². The molecule has 0 bridgehead atoms. The highest BCUT2D eigenvalue weighted by molar-refractivity contribution is 8.00. The van der Waals surface area contributed by atoms with Crippen molar-refractivity contribution < 1.29 is 13.2 Å². The zero-order chi connectivity index (χ0) is 28.0. The molecule has 11 nitrogen and oxygen atoms in total. The summed E-state index contributed by atoms with van der Waals surface area (Å²) >= 11 is 2.48. The molecule has 1 aromatic carbocycles. The fourth-order valence-electron chi connectivity index (χ4n) is 3.51. The summed E-state index contributed by atoms with van der Waals surface area (Å²) in [5.41, 5.74) is 7.77. The fourth-order valence-corrected chi connectivity index (χ4v) is 6.13. The molecule has 1 atom stereocenters. The number of sulfonamides is 1. The molecule has 1 amide bonds. The van der Waals surface area contributed by atoms with Crippen LogP contribution in [0.5, 0.6) is 0 Å². The van der Waals surface area contributed by atoms with Gasteiger partial charge in [0, 0.05) is 23.6 Å². The van der Waals surface area contributed by atoms with Crippen molar-refractivity contribution in [3.8, 4) is 23.3 Å². The number of carbonyl (C=O) groups excluding carboxylic acids is 1. The number of thioether (sulfide) groups is 1. The molecule has 0 spiro atoms. The highest BCUT2D eigenvalue weighted by Gasteiger charge is 2.26. The SMILES string of the molecule is CCC(Sc1nc(N)c(C#N)c(-c2ccsc2)c1C#N)C(=O)Nc1ccc(S(=O)(=O)Nc2ncccn2)cc1. The first-order chi connectivity index (χ1) is 18.8. The molecule has 0 aliphatic carbocycles. The summed E-state index contributed by atoms with van der Waals surface area (Å²) in [4.78, 5) is 25.1. The van der Waals surface area contributed by atoms with E-state index in [-0.39, 0.29) is 38.7 Å². The molecule has 14 heteroatoms. The molecule has 4 rings (SSSR count). The number of thiophene rings is 1. The van der Waals surface area contributed by atoms with Crippen LogP contribution in [0.1, 0.15) is 24.5 Å². The average Bonchev–Trinajstić information content (AvgIpc) is 3.46. The van der Waals surface area contributed by atoms with Crippen LogP contribution in [0, 0.1) is 22.7 Å². The quantitative estimate of drug-likeness (QED) is 0.243. The lowest BCUT2D eigenvalue weighted by atomic mass is 9.99. The van der Waals surface area contributed by atoms with Crippen molar-refractivity contribution in [1.29, 1.82) is 10.5 Å². The minimum Gasteiger partial charge on any atom is -0.383 e. The maximum atomic E-state index is 13.1. The van der Waals surface area contributed by atoms with E-state index < -0.39 is 15.3 Å². The third kappa shape index (κ3) is 6.15. The number of nitrogens with one attached hydrogen (secondary N) is 2. The molecule has 0 saturated carbocycles. The van der Waals surface area contributed by atoms with Crippen LogP contribution in [-0.4, -0.2) is 34.5 Å². The third-order valence-electron chi connectivity index (χ3n) is 5.37. The Bertz CT molecular complexity index is 1680. The molecule has 196 valence electrons. The molecule has 1 unspecified atom stereocenters. The summed E-state index contributed by atoms with van der Waals surface area (Å²) in [7, 11) is -3.93. The van der Waals surface area contributed by atoms with Crippen molar-refractivity contribution in [2.45, 2.75) is 28.5 Å². The number of hydrogen-bond donors (Lipinski definition) is 3. The van der Waals surface area contributed by atoms with Crippen molar-refractivity contribution in [1.82, 2.24) is 15.0 Å². The number of nitrogens with zero attached hydrogens (tertiary/aromatic N) is 5. The number of nitriles is 2. The van der Waals surface area contributed by atoms with Gasteiger partial charge in [-0.05, 0) is 59.1 Å². The molecule has 0 aliphatic heterocycles. The van der Waals surface area contributed by atoms with E-state index in [1.165, 1.54) is 48.0 Å².